The number of primary amides is 1. The maximum atomic E-state index is 13.2. The van der Waals surface area contributed by atoms with E-state index in [1.165, 1.54) is 18.2 Å². The molecule has 4 aromatic rings. The number of nitrogens with zero attached hydrogens (tertiary/aromatic N) is 1. The van der Waals surface area contributed by atoms with E-state index >= 15 is 0 Å². The van der Waals surface area contributed by atoms with E-state index in [2.05, 4.69) is 72.1 Å². The molecule has 1 unspecified atom stereocenters. The third-order valence-electron chi connectivity index (χ3n) is 15.8. The van der Waals surface area contributed by atoms with E-state index in [-0.39, 0.29) is 23.3 Å². The number of rotatable bonds is 44. The van der Waals surface area contributed by atoms with Crippen molar-refractivity contribution in [3.8, 4) is 23.3 Å². The number of nitrogens with one attached hydrogen (secondary N) is 4. The number of sulfonamides is 1. The largest absolute Gasteiger partial charge is 0.463 e. The molecule has 22 nitrogen and oxygen atoms in total. The lowest BCUT2D eigenvalue weighted by atomic mass is 10.0. The Bertz CT molecular complexity index is 3410. The maximum Gasteiger partial charge on any atom is 0.275 e. The number of nitrogens with two attached hydrogens (primary N) is 1. The van der Waals surface area contributed by atoms with E-state index < -0.39 is 77.0 Å². The third-order valence-corrected chi connectivity index (χ3v) is 22.5. The van der Waals surface area contributed by atoms with Gasteiger partial charge < -0.3 is 64.5 Å². The van der Waals surface area contributed by atoms with Crippen molar-refractivity contribution in [1.29, 1.82) is 0 Å². The van der Waals surface area contributed by atoms with E-state index in [1.807, 2.05) is 74.9 Å². The van der Waals surface area contributed by atoms with Crippen LogP contribution in [0, 0.1) is 11.8 Å². The number of aliphatic imine (C=N–C) groups is 1. The van der Waals surface area contributed by atoms with Gasteiger partial charge in [0, 0.05) is 113 Å². The Balaban J connectivity index is 0.000000354. The Kier molecular flexibility index (Phi) is 35.7. The van der Waals surface area contributed by atoms with Crippen molar-refractivity contribution >= 4 is 54.0 Å². The first-order chi connectivity index (χ1) is 46.4. The van der Waals surface area contributed by atoms with E-state index in [0.717, 1.165) is 142 Å². The van der Waals surface area contributed by atoms with Crippen molar-refractivity contribution in [3.63, 3.8) is 0 Å². The smallest absolute Gasteiger partial charge is 0.275 e. The lowest BCUT2D eigenvalue weighted by Crippen LogP contribution is -2.47. The molecule has 8 N–H and O–H groups in total. The molecule has 0 radical (unpaired) electrons. The van der Waals surface area contributed by atoms with E-state index in [1.54, 1.807) is 24.3 Å². The highest BCUT2D eigenvalue weighted by atomic mass is 32.2. The van der Waals surface area contributed by atoms with Crippen LogP contribution < -0.4 is 35.9 Å². The van der Waals surface area contributed by atoms with Crippen molar-refractivity contribution in [3.05, 3.63) is 118 Å². The minimum atomic E-state index is -4.09. The van der Waals surface area contributed by atoms with Crippen LogP contribution in [-0.2, 0) is 77.5 Å². The molecule has 0 bridgehead atoms. The van der Waals surface area contributed by atoms with E-state index in [4.69, 9.17) is 43.6 Å². The predicted octanol–water partition coefficient (Wildman–Crippen LogP) is 10.2. The van der Waals surface area contributed by atoms with Crippen LogP contribution in [0.15, 0.2) is 99.7 Å². The average Bonchev–Trinajstić information content (AvgIpc) is 0.820. The molecule has 0 aliphatic carbocycles. The second-order valence-corrected chi connectivity index (χ2v) is 43.0. The SMILES string of the molecule is CC1(C)OCc2cc([C@@H](O)CNCCCCCCOCCC#Cc3cccc(S(=O)(=O)C(NCOCC[Si](C)(C)C)C(N)=O)c3)ccc2O1.CC1(C)OCc2cc([C@@H](O)CNCCCCCCOCCCCc3cccc(S(=O)(=O)NC(=O)C=NCOCC[Si](C)(C)C)c3)ccc2O1. The Morgan fingerprint density at radius 2 is 1.15 bits per heavy atom. The maximum absolute atomic E-state index is 13.2. The zero-order valence-corrected chi connectivity index (χ0v) is 63.3. The van der Waals surface area contributed by atoms with Gasteiger partial charge in [-0.3, -0.25) is 19.9 Å². The third kappa shape index (κ3) is 32.9. The summed E-state index contributed by atoms with van der Waals surface area (Å²) in [5, 5.41) is 28.9. The zero-order chi connectivity index (χ0) is 71.7. The Labute approximate surface area is 586 Å². The first-order valence-corrected chi connectivity index (χ1v) is 44.9. The molecule has 0 saturated heterocycles. The number of carbonyl (C=O) groups is 2. The summed E-state index contributed by atoms with van der Waals surface area (Å²) in [6.45, 7) is 28.0. The van der Waals surface area contributed by atoms with Crippen LogP contribution in [0.3, 0.4) is 0 Å². The molecular weight excluding hydrogens is 1330 g/mol. The first-order valence-electron chi connectivity index (χ1n) is 34.4. The Hall–Kier alpha value is -5.46. The van der Waals surface area contributed by atoms with Gasteiger partial charge in [-0.2, -0.15) is 0 Å². The molecule has 98 heavy (non-hydrogen) atoms. The number of aliphatic hydroxyl groups is 2. The van der Waals surface area contributed by atoms with Crippen molar-refractivity contribution in [1.82, 2.24) is 20.7 Å². The van der Waals surface area contributed by atoms with Crippen LogP contribution in [-0.4, -0.2) is 157 Å². The average molecular weight is 1440 g/mol. The minimum absolute atomic E-state index is 0.0201. The van der Waals surface area contributed by atoms with Gasteiger partial charge in [-0.1, -0.05) is 107 Å². The second kappa shape index (κ2) is 42.1. The lowest BCUT2D eigenvalue weighted by molar-refractivity contribution is -0.180. The van der Waals surface area contributed by atoms with Crippen molar-refractivity contribution in [2.24, 2.45) is 10.7 Å². The van der Waals surface area contributed by atoms with Crippen molar-refractivity contribution < 1.29 is 74.5 Å². The monoisotopic (exact) mass is 1440 g/mol. The molecule has 0 aromatic heterocycles. The van der Waals surface area contributed by atoms with Gasteiger partial charge in [-0.05, 0) is 141 Å². The fourth-order valence-electron chi connectivity index (χ4n) is 10.0. The number of aliphatic hydroxyl groups excluding tert-OH is 2. The standard InChI is InChI=1S/C36H57N3O8SSi.C36H55N3O8SSi/c1-36(2)46-27-31-24-30(16-17-34(31)47-36)33(40)25-37-18-9-6-7-10-19-44-20-11-8-13-29-14-12-15-32(23-29)48(42,43)39-35(41)26-38-28-45-21-22-49(3,4)5;1-36(2)46-26-30-24-29(16-17-33(30)47-36)32(40)25-38-18-9-6-7-10-19-44-20-11-8-13-28-14-12-15-31(23-28)48(42,43)35(34(37)41)39-27-45-21-22-49(3,4)5/h12,14-17,23-24,26,33,37,40H,6-11,13,18-22,25,27-28H2,1-5H3,(H,39,41);12,14-17,23-24,32,35,38-40H,6-7,9-11,18-22,25-27H2,1-5H3,(H2,37,41)/t33-;32-,35?/m00/s1. The number of fused-ring (bicyclic) bond motifs is 2. The molecule has 2 amide bonds. The first kappa shape index (κ1) is 83.2. The molecule has 0 spiro atoms. The zero-order valence-electron chi connectivity index (χ0n) is 59.6. The molecule has 4 aromatic carbocycles. The normalized spacial score (nSPS) is 15.3. The number of hydrogen-bond donors (Lipinski definition) is 7. The summed E-state index contributed by atoms with van der Waals surface area (Å²) in [6.07, 6.45) is 11.0. The highest BCUT2D eigenvalue weighted by molar-refractivity contribution is 7.92. The summed E-state index contributed by atoms with van der Waals surface area (Å²) in [4.78, 5) is 28.0. The number of sulfone groups is 1. The molecule has 0 saturated carbocycles. The van der Waals surface area contributed by atoms with Crippen LogP contribution >= 0.6 is 0 Å². The number of unbranched alkanes of at least 4 members (excludes halogenated alkanes) is 7. The molecule has 3 atom stereocenters. The fourth-order valence-corrected chi connectivity index (χ4v) is 14.0. The summed E-state index contributed by atoms with van der Waals surface area (Å²) in [5.74, 6) is 4.54. The summed E-state index contributed by atoms with van der Waals surface area (Å²) < 4.78 is 99.2. The van der Waals surface area contributed by atoms with Crippen LogP contribution in [0.4, 0.5) is 0 Å². The van der Waals surface area contributed by atoms with Crippen molar-refractivity contribution in [2.75, 3.05) is 79.3 Å². The molecule has 0 fully saturated rings. The molecular formula is C72H112N6O16S2Si2. The number of aryl methyl sites for hydroxylation is 1. The Morgan fingerprint density at radius 3 is 1.71 bits per heavy atom. The van der Waals surface area contributed by atoms with Crippen LogP contribution in [0.5, 0.6) is 11.5 Å². The highest BCUT2D eigenvalue weighted by Gasteiger charge is 2.33. The predicted molar refractivity (Wildman–Crippen MR) is 388 cm³/mol. The van der Waals surface area contributed by atoms with Crippen LogP contribution in [0.1, 0.15) is 144 Å². The minimum Gasteiger partial charge on any atom is -0.463 e. The van der Waals surface area contributed by atoms with Gasteiger partial charge in [0.2, 0.25) is 21.4 Å². The summed E-state index contributed by atoms with van der Waals surface area (Å²) in [5.41, 5.74) is 10.4. The van der Waals surface area contributed by atoms with Gasteiger partial charge in [-0.15, -0.1) is 0 Å². The van der Waals surface area contributed by atoms with Gasteiger partial charge >= 0.3 is 0 Å². The molecule has 2 aliphatic heterocycles. The van der Waals surface area contributed by atoms with Gasteiger partial charge in [0.1, 0.15) is 18.2 Å². The fraction of sp³-hybridized carbons (Fsp3) is 0.597. The molecule has 2 aliphatic rings. The number of carbonyl (C=O) groups excluding carboxylic acids is 2. The van der Waals surface area contributed by atoms with E-state index in [0.29, 0.717) is 77.7 Å². The van der Waals surface area contributed by atoms with E-state index in [9.17, 15) is 36.6 Å². The quantitative estimate of drug-likeness (QED) is 0.00712. The van der Waals surface area contributed by atoms with Crippen LogP contribution in [0.2, 0.25) is 51.4 Å². The highest BCUT2D eigenvalue weighted by Crippen LogP contribution is 2.34. The lowest BCUT2D eigenvalue weighted by Gasteiger charge is -2.33. The van der Waals surface area contributed by atoms with Gasteiger partial charge in [0.05, 0.1) is 54.8 Å². The topological polar surface area (TPSA) is 303 Å². The number of ether oxygens (including phenoxy) is 8. The van der Waals surface area contributed by atoms with Gasteiger partial charge in [0.15, 0.2) is 5.37 Å². The second-order valence-electron chi connectivity index (χ2n) is 28.0. The molecule has 26 heteroatoms. The molecule has 2 heterocycles. The summed E-state index contributed by atoms with van der Waals surface area (Å²) in [6, 6.07) is 26.3. The molecule has 546 valence electrons. The summed E-state index contributed by atoms with van der Waals surface area (Å²) >= 11 is 0. The Morgan fingerprint density at radius 1 is 0.633 bits per heavy atom. The number of benzene rings is 4. The van der Waals surface area contributed by atoms with Crippen molar-refractivity contribution in [2.45, 2.75) is 208 Å². The van der Waals surface area contributed by atoms with Gasteiger partial charge in [0.25, 0.3) is 21.8 Å². The summed E-state index contributed by atoms with van der Waals surface area (Å²) in [7, 11) is -10.6. The number of hydrogen-bond acceptors (Lipinski definition) is 20. The van der Waals surface area contributed by atoms with Gasteiger partial charge in [-0.25, -0.2) is 21.6 Å². The number of amides is 2. The molecule has 6 rings (SSSR count). The van der Waals surface area contributed by atoms with Crippen LogP contribution in [0.25, 0.3) is 0 Å².